The minimum atomic E-state index is 0.409. The number of benzene rings is 1. The number of rotatable bonds is 5. The summed E-state index contributed by atoms with van der Waals surface area (Å²) in [6.45, 7) is 11.6. The standard InChI is InChI=1S/C14H22OS.C2H6/c1-14(2,3)10-5-11-15-12-6-8-13(16-4)9-7-12;1-2/h6-9H,5,10-11H2,1-4H3;1-2H3. The lowest BCUT2D eigenvalue weighted by molar-refractivity contribution is 0.269. The summed E-state index contributed by atoms with van der Waals surface area (Å²) in [5, 5.41) is 0. The molecule has 0 heterocycles. The van der Waals surface area contributed by atoms with Gasteiger partial charge in [-0.05, 0) is 48.8 Å². The van der Waals surface area contributed by atoms with E-state index in [4.69, 9.17) is 4.74 Å². The first-order valence-electron chi connectivity index (χ1n) is 6.78. The lowest BCUT2D eigenvalue weighted by Crippen LogP contribution is -2.07. The summed E-state index contributed by atoms with van der Waals surface area (Å²) in [6.07, 6.45) is 4.41. The zero-order chi connectivity index (χ0) is 14.0. The zero-order valence-electron chi connectivity index (χ0n) is 12.7. The number of thioether (sulfide) groups is 1. The molecule has 0 aromatic heterocycles. The number of ether oxygens (including phenoxy) is 1. The highest BCUT2D eigenvalue weighted by molar-refractivity contribution is 7.98. The van der Waals surface area contributed by atoms with E-state index in [2.05, 4.69) is 39.2 Å². The van der Waals surface area contributed by atoms with Crippen LogP contribution in [0.2, 0.25) is 0 Å². The van der Waals surface area contributed by atoms with Crippen LogP contribution in [-0.4, -0.2) is 12.9 Å². The van der Waals surface area contributed by atoms with E-state index in [-0.39, 0.29) is 0 Å². The quantitative estimate of drug-likeness (QED) is 0.505. The molecule has 0 radical (unpaired) electrons. The second-order valence-corrected chi connectivity index (χ2v) is 6.07. The Balaban J connectivity index is 0.00000137. The van der Waals surface area contributed by atoms with Crippen LogP contribution < -0.4 is 4.74 Å². The number of hydrogen-bond donors (Lipinski definition) is 0. The van der Waals surface area contributed by atoms with Crippen LogP contribution in [-0.2, 0) is 0 Å². The summed E-state index contributed by atoms with van der Waals surface area (Å²) >= 11 is 1.75. The molecule has 1 aromatic carbocycles. The van der Waals surface area contributed by atoms with Crippen molar-refractivity contribution in [1.82, 2.24) is 0 Å². The first-order valence-corrected chi connectivity index (χ1v) is 8.00. The topological polar surface area (TPSA) is 9.23 Å². The summed E-state index contributed by atoms with van der Waals surface area (Å²) in [5.41, 5.74) is 0.409. The summed E-state index contributed by atoms with van der Waals surface area (Å²) in [4.78, 5) is 1.28. The predicted molar refractivity (Wildman–Crippen MR) is 83.8 cm³/mol. The van der Waals surface area contributed by atoms with Crippen LogP contribution in [0.5, 0.6) is 5.75 Å². The minimum Gasteiger partial charge on any atom is -0.494 e. The van der Waals surface area contributed by atoms with Crippen LogP contribution in [0.15, 0.2) is 29.2 Å². The first-order chi connectivity index (χ1) is 8.51. The molecule has 0 saturated carbocycles. The van der Waals surface area contributed by atoms with E-state index in [1.807, 2.05) is 26.0 Å². The van der Waals surface area contributed by atoms with Crippen molar-refractivity contribution < 1.29 is 4.74 Å². The molecule has 0 aliphatic rings. The maximum absolute atomic E-state index is 5.69. The van der Waals surface area contributed by atoms with Gasteiger partial charge >= 0.3 is 0 Å². The Hall–Kier alpha value is -0.630. The van der Waals surface area contributed by atoms with Crippen molar-refractivity contribution in [2.45, 2.75) is 52.4 Å². The van der Waals surface area contributed by atoms with Gasteiger partial charge in [0.2, 0.25) is 0 Å². The molecule has 0 atom stereocenters. The smallest absolute Gasteiger partial charge is 0.119 e. The summed E-state index contributed by atoms with van der Waals surface area (Å²) in [6, 6.07) is 8.29. The molecule has 0 spiro atoms. The summed E-state index contributed by atoms with van der Waals surface area (Å²) in [7, 11) is 0. The normalized spacial score (nSPS) is 10.6. The van der Waals surface area contributed by atoms with Crippen LogP contribution in [0.1, 0.15) is 47.5 Å². The van der Waals surface area contributed by atoms with Crippen LogP contribution in [0.3, 0.4) is 0 Å². The third kappa shape index (κ3) is 8.46. The lowest BCUT2D eigenvalue weighted by Gasteiger charge is -2.17. The van der Waals surface area contributed by atoms with E-state index in [9.17, 15) is 0 Å². The molecule has 1 aromatic rings. The molecule has 0 saturated heterocycles. The SMILES string of the molecule is CC.CSc1ccc(OCCCC(C)(C)C)cc1. The molecule has 0 unspecified atom stereocenters. The maximum Gasteiger partial charge on any atom is 0.119 e. The Morgan fingerprint density at radius 1 is 1.06 bits per heavy atom. The van der Waals surface area contributed by atoms with Crippen molar-refractivity contribution in [1.29, 1.82) is 0 Å². The van der Waals surface area contributed by atoms with Gasteiger partial charge in [0.15, 0.2) is 0 Å². The van der Waals surface area contributed by atoms with Gasteiger partial charge in [-0.1, -0.05) is 34.6 Å². The average Bonchev–Trinajstić information content (AvgIpc) is 2.37. The predicted octanol–water partition coefficient (Wildman–Crippen LogP) is 5.64. The fourth-order valence-electron chi connectivity index (χ4n) is 1.46. The molecule has 1 rings (SSSR count). The molecule has 2 heteroatoms. The molecule has 0 amide bonds. The minimum absolute atomic E-state index is 0.409. The molecule has 104 valence electrons. The molecular weight excluding hydrogens is 240 g/mol. The molecule has 0 N–H and O–H groups in total. The van der Waals surface area contributed by atoms with Crippen molar-refractivity contribution in [3.63, 3.8) is 0 Å². The van der Waals surface area contributed by atoms with Crippen LogP contribution in [0, 0.1) is 5.41 Å². The van der Waals surface area contributed by atoms with Crippen molar-refractivity contribution in [3.05, 3.63) is 24.3 Å². The number of hydrogen-bond acceptors (Lipinski definition) is 2. The Labute approximate surface area is 117 Å². The van der Waals surface area contributed by atoms with Crippen LogP contribution in [0.25, 0.3) is 0 Å². The van der Waals surface area contributed by atoms with Gasteiger partial charge in [0.05, 0.1) is 6.61 Å². The van der Waals surface area contributed by atoms with E-state index in [0.29, 0.717) is 5.41 Å². The van der Waals surface area contributed by atoms with Crippen molar-refractivity contribution >= 4 is 11.8 Å². The van der Waals surface area contributed by atoms with E-state index in [1.165, 1.54) is 11.3 Å². The molecule has 0 fully saturated rings. The third-order valence-electron chi connectivity index (χ3n) is 2.40. The highest BCUT2D eigenvalue weighted by Gasteiger charge is 2.09. The van der Waals surface area contributed by atoms with E-state index in [1.54, 1.807) is 11.8 Å². The molecular formula is C16H28OS. The first kappa shape index (κ1) is 17.4. The second-order valence-electron chi connectivity index (χ2n) is 5.19. The van der Waals surface area contributed by atoms with E-state index < -0.39 is 0 Å². The Bertz CT molecular complexity index is 298. The highest BCUT2D eigenvalue weighted by Crippen LogP contribution is 2.22. The summed E-state index contributed by atoms with van der Waals surface area (Å²) in [5.74, 6) is 0.978. The fraction of sp³-hybridized carbons (Fsp3) is 0.625. The zero-order valence-corrected chi connectivity index (χ0v) is 13.6. The van der Waals surface area contributed by atoms with Gasteiger partial charge in [-0.15, -0.1) is 11.8 Å². The largest absolute Gasteiger partial charge is 0.494 e. The maximum atomic E-state index is 5.69. The van der Waals surface area contributed by atoms with Gasteiger partial charge in [-0.2, -0.15) is 0 Å². The van der Waals surface area contributed by atoms with Gasteiger partial charge in [0, 0.05) is 4.90 Å². The van der Waals surface area contributed by atoms with Crippen LogP contribution >= 0.6 is 11.8 Å². The van der Waals surface area contributed by atoms with Crippen molar-refractivity contribution in [2.24, 2.45) is 5.41 Å². The second kappa shape index (κ2) is 9.32. The van der Waals surface area contributed by atoms with Gasteiger partial charge in [-0.25, -0.2) is 0 Å². The van der Waals surface area contributed by atoms with Crippen molar-refractivity contribution in [3.8, 4) is 5.75 Å². The van der Waals surface area contributed by atoms with Crippen LogP contribution in [0.4, 0.5) is 0 Å². The van der Waals surface area contributed by atoms with Gasteiger partial charge in [0.25, 0.3) is 0 Å². The van der Waals surface area contributed by atoms with Gasteiger partial charge in [-0.3, -0.25) is 0 Å². The Morgan fingerprint density at radius 2 is 1.61 bits per heavy atom. The van der Waals surface area contributed by atoms with Crippen molar-refractivity contribution in [2.75, 3.05) is 12.9 Å². The molecule has 18 heavy (non-hydrogen) atoms. The molecule has 0 bridgehead atoms. The third-order valence-corrected chi connectivity index (χ3v) is 3.14. The monoisotopic (exact) mass is 268 g/mol. The van der Waals surface area contributed by atoms with Gasteiger partial charge < -0.3 is 4.74 Å². The summed E-state index contributed by atoms with van der Waals surface area (Å²) < 4.78 is 5.69. The molecule has 0 aliphatic carbocycles. The average molecular weight is 268 g/mol. The van der Waals surface area contributed by atoms with E-state index >= 15 is 0 Å². The molecule has 1 nitrogen and oxygen atoms in total. The van der Waals surface area contributed by atoms with E-state index in [0.717, 1.165) is 18.8 Å². The fourth-order valence-corrected chi connectivity index (χ4v) is 1.87. The molecule has 0 aliphatic heterocycles. The lowest BCUT2D eigenvalue weighted by atomic mass is 9.91. The Morgan fingerprint density at radius 3 is 2.06 bits per heavy atom. The highest BCUT2D eigenvalue weighted by atomic mass is 32.2. The Kier molecular flexibility index (Phi) is 8.99. The van der Waals surface area contributed by atoms with Gasteiger partial charge in [0.1, 0.15) is 5.75 Å².